The van der Waals surface area contributed by atoms with Crippen molar-refractivity contribution < 1.29 is 13.2 Å². The van der Waals surface area contributed by atoms with E-state index in [0.717, 1.165) is 41.0 Å². The number of carbonyl (C=O) groups is 1. The molecular weight excluding hydrogens is 506 g/mol. The van der Waals surface area contributed by atoms with Gasteiger partial charge in [0.15, 0.2) is 15.6 Å². The summed E-state index contributed by atoms with van der Waals surface area (Å²) in [5.41, 5.74) is 5.95. The second kappa shape index (κ2) is 11.3. The van der Waals surface area contributed by atoms with Crippen LogP contribution >= 0.6 is 0 Å². The quantitative estimate of drug-likeness (QED) is 0.248. The smallest absolute Gasteiger partial charge is 0.185 e. The Morgan fingerprint density at radius 3 is 2.49 bits per heavy atom. The van der Waals surface area contributed by atoms with Gasteiger partial charge >= 0.3 is 0 Å². The molecule has 7 heteroatoms. The van der Waals surface area contributed by atoms with Crippen molar-refractivity contribution in [2.24, 2.45) is 5.92 Å². The van der Waals surface area contributed by atoms with Gasteiger partial charge in [-0.2, -0.15) is 5.10 Å². The number of hydrogen-bond donors (Lipinski definition) is 1. The van der Waals surface area contributed by atoms with Gasteiger partial charge in [0.1, 0.15) is 5.69 Å². The van der Waals surface area contributed by atoms with E-state index >= 15 is 0 Å². The topological polar surface area (TPSA) is 81.1 Å². The van der Waals surface area contributed by atoms with E-state index in [0.29, 0.717) is 16.5 Å². The zero-order valence-corrected chi connectivity index (χ0v) is 23.5. The molecule has 1 unspecified atom stereocenters. The summed E-state index contributed by atoms with van der Waals surface area (Å²) < 4.78 is 27.0. The zero-order valence-electron chi connectivity index (χ0n) is 22.7. The first-order valence-electron chi connectivity index (χ1n) is 13.5. The van der Waals surface area contributed by atoms with Gasteiger partial charge < -0.3 is 5.32 Å². The van der Waals surface area contributed by atoms with Crippen LogP contribution in [0.3, 0.4) is 0 Å². The van der Waals surface area contributed by atoms with Crippen molar-refractivity contribution >= 4 is 15.6 Å². The number of hydrogen-bond acceptors (Lipinski definition) is 5. The molecule has 4 aromatic rings. The lowest BCUT2D eigenvalue weighted by Crippen LogP contribution is -2.26. The number of carbonyl (C=O) groups excluding carboxylic acids is 1. The number of aromatic nitrogens is 2. The number of sulfone groups is 1. The van der Waals surface area contributed by atoms with Gasteiger partial charge in [-0.05, 0) is 85.2 Å². The van der Waals surface area contributed by atoms with E-state index < -0.39 is 9.84 Å². The molecule has 0 spiro atoms. The molecule has 1 saturated carbocycles. The summed E-state index contributed by atoms with van der Waals surface area (Å²) in [5.74, 6) is 0.603. The fourth-order valence-electron chi connectivity index (χ4n) is 5.03. The van der Waals surface area contributed by atoms with Crippen molar-refractivity contribution in [1.82, 2.24) is 15.1 Å². The van der Waals surface area contributed by atoms with Crippen molar-refractivity contribution in [3.8, 4) is 5.69 Å². The van der Waals surface area contributed by atoms with Gasteiger partial charge in [-0.25, -0.2) is 13.1 Å². The standard InChI is InChI=1S/C32H35N3O3S/c1-4-23-9-8-12-27(19-23)35-29(17-22(2)34-35)30(36)20-25-10-7-11-26(18-25)32(33-21-24-15-16-24)28-13-5-6-14-31(28)39(3,37)38/h5-14,17-19,24,32-33H,4,15-16,20-21H2,1-3H3. The van der Waals surface area contributed by atoms with E-state index in [4.69, 9.17) is 0 Å². The molecule has 1 N–H and O–H groups in total. The molecule has 1 aliphatic carbocycles. The summed E-state index contributed by atoms with van der Waals surface area (Å²) in [7, 11) is -3.41. The minimum Gasteiger partial charge on any atom is -0.306 e. The molecule has 1 aliphatic rings. The molecule has 3 aromatic carbocycles. The molecule has 1 aromatic heterocycles. The van der Waals surface area contributed by atoms with Crippen LogP contribution in [0.15, 0.2) is 83.8 Å². The monoisotopic (exact) mass is 541 g/mol. The fourth-order valence-corrected chi connectivity index (χ4v) is 5.97. The molecule has 5 rings (SSSR count). The Morgan fingerprint density at radius 1 is 1.00 bits per heavy atom. The SMILES string of the molecule is CCc1cccc(-n2nc(C)cc2C(=O)Cc2cccc(C(NCC3CC3)c3ccccc3S(C)(=O)=O)c2)c1. The predicted octanol–water partition coefficient (Wildman–Crippen LogP) is 5.66. The van der Waals surface area contributed by atoms with Crippen molar-refractivity contribution in [3.05, 3.63) is 113 Å². The van der Waals surface area contributed by atoms with Gasteiger partial charge in [0, 0.05) is 12.7 Å². The third-order valence-electron chi connectivity index (χ3n) is 7.27. The predicted molar refractivity (Wildman–Crippen MR) is 154 cm³/mol. The van der Waals surface area contributed by atoms with E-state index in [9.17, 15) is 13.2 Å². The molecule has 1 fully saturated rings. The lowest BCUT2D eigenvalue weighted by Gasteiger charge is -2.23. The maximum absolute atomic E-state index is 13.6. The summed E-state index contributed by atoms with van der Waals surface area (Å²) in [4.78, 5) is 13.9. The van der Waals surface area contributed by atoms with Crippen molar-refractivity contribution in [2.75, 3.05) is 12.8 Å². The lowest BCUT2D eigenvalue weighted by atomic mass is 9.95. The van der Waals surface area contributed by atoms with Crippen LogP contribution in [0.4, 0.5) is 0 Å². The zero-order chi connectivity index (χ0) is 27.6. The van der Waals surface area contributed by atoms with Crippen LogP contribution < -0.4 is 5.32 Å². The van der Waals surface area contributed by atoms with Gasteiger partial charge in [-0.1, -0.05) is 61.5 Å². The molecule has 0 bridgehead atoms. The average molecular weight is 542 g/mol. The Balaban J connectivity index is 1.46. The lowest BCUT2D eigenvalue weighted by molar-refractivity contribution is 0.0985. The largest absolute Gasteiger partial charge is 0.306 e. The minimum absolute atomic E-state index is 0.0197. The third kappa shape index (κ3) is 6.37. The highest BCUT2D eigenvalue weighted by Crippen LogP contribution is 2.32. The minimum atomic E-state index is -3.41. The van der Waals surface area contributed by atoms with Gasteiger partial charge in [0.25, 0.3) is 0 Å². The Bertz CT molecular complexity index is 1600. The number of nitrogens with zero attached hydrogens (tertiary/aromatic N) is 2. The molecular formula is C32H35N3O3S. The molecule has 0 saturated heterocycles. The Labute approximate surface area is 231 Å². The maximum Gasteiger partial charge on any atom is 0.185 e. The highest BCUT2D eigenvalue weighted by atomic mass is 32.2. The average Bonchev–Trinajstić information content (AvgIpc) is 3.67. The first-order valence-corrected chi connectivity index (χ1v) is 15.4. The van der Waals surface area contributed by atoms with E-state index in [-0.39, 0.29) is 18.2 Å². The number of aryl methyl sites for hydroxylation is 2. The highest BCUT2D eigenvalue weighted by molar-refractivity contribution is 7.90. The number of benzene rings is 3. The van der Waals surface area contributed by atoms with Crippen molar-refractivity contribution in [2.45, 2.75) is 50.5 Å². The van der Waals surface area contributed by atoms with Crippen LogP contribution in [0, 0.1) is 12.8 Å². The molecule has 202 valence electrons. The molecule has 39 heavy (non-hydrogen) atoms. The number of rotatable bonds is 11. The second-order valence-electron chi connectivity index (χ2n) is 10.5. The second-order valence-corrected chi connectivity index (χ2v) is 12.5. The number of ketones is 1. The van der Waals surface area contributed by atoms with Crippen LogP contribution in [0.5, 0.6) is 0 Å². The summed E-state index contributed by atoms with van der Waals surface area (Å²) >= 11 is 0. The Kier molecular flexibility index (Phi) is 7.82. The Morgan fingerprint density at radius 2 is 1.74 bits per heavy atom. The van der Waals surface area contributed by atoms with E-state index in [1.807, 2.05) is 61.5 Å². The van der Waals surface area contributed by atoms with Crippen LogP contribution in [0.1, 0.15) is 64.2 Å². The van der Waals surface area contributed by atoms with Gasteiger partial charge in [0.2, 0.25) is 0 Å². The van der Waals surface area contributed by atoms with Crippen LogP contribution in [-0.4, -0.2) is 36.8 Å². The van der Waals surface area contributed by atoms with Gasteiger partial charge in [0.05, 0.1) is 22.3 Å². The molecule has 1 atom stereocenters. The van der Waals surface area contributed by atoms with Gasteiger partial charge in [-0.15, -0.1) is 0 Å². The highest BCUT2D eigenvalue weighted by Gasteiger charge is 2.26. The van der Waals surface area contributed by atoms with E-state index in [2.05, 4.69) is 29.5 Å². The summed E-state index contributed by atoms with van der Waals surface area (Å²) in [5, 5.41) is 8.23. The van der Waals surface area contributed by atoms with E-state index in [1.54, 1.807) is 16.8 Å². The molecule has 6 nitrogen and oxygen atoms in total. The first kappa shape index (κ1) is 27.0. The fraction of sp³-hybridized carbons (Fsp3) is 0.312. The van der Waals surface area contributed by atoms with Crippen LogP contribution in [-0.2, 0) is 22.7 Å². The van der Waals surface area contributed by atoms with Crippen molar-refractivity contribution in [1.29, 1.82) is 0 Å². The normalized spacial score (nSPS) is 14.3. The molecule has 0 radical (unpaired) electrons. The molecule has 0 aliphatic heterocycles. The summed E-state index contributed by atoms with van der Waals surface area (Å²) in [6, 6.07) is 24.7. The number of nitrogens with one attached hydrogen (secondary N) is 1. The van der Waals surface area contributed by atoms with Gasteiger partial charge in [-0.3, -0.25) is 4.79 Å². The van der Waals surface area contributed by atoms with Crippen LogP contribution in [0.2, 0.25) is 0 Å². The first-order chi connectivity index (χ1) is 18.7. The summed E-state index contributed by atoms with van der Waals surface area (Å²) in [6.07, 6.45) is 4.75. The van der Waals surface area contributed by atoms with E-state index in [1.165, 1.54) is 24.7 Å². The Hall–Kier alpha value is -3.55. The van der Waals surface area contributed by atoms with Crippen molar-refractivity contribution in [3.63, 3.8) is 0 Å². The molecule has 0 amide bonds. The summed E-state index contributed by atoms with van der Waals surface area (Å²) in [6.45, 7) is 4.82. The molecule has 1 heterocycles. The third-order valence-corrected chi connectivity index (χ3v) is 8.44. The number of Topliss-reactive ketones (excluding diaryl/α,β-unsaturated/α-hetero) is 1. The van der Waals surface area contributed by atoms with Crippen LogP contribution in [0.25, 0.3) is 5.69 Å². The maximum atomic E-state index is 13.6.